The minimum Gasteiger partial charge on any atom is -0.233 e. The van der Waals surface area contributed by atoms with Crippen LogP contribution in [0.4, 0.5) is 0 Å². The molecular formula is C13H12ClN3S. The highest BCUT2D eigenvalue weighted by Crippen LogP contribution is 2.27. The third kappa shape index (κ3) is 1.72. The SMILES string of the molecule is CCc1nc2cc(-c3cccs3)nn2c(Cl)c1C. The predicted octanol–water partition coefficient (Wildman–Crippen LogP) is 3.98. The number of fused-ring (bicyclic) bond motifs is 1. The van der Waals surface area contributed by atoms with E-state index in [2.05, 4.69) is 17.0 Å². The van der Waals surface area contributed by atoms with Gasteiger partial charge < -0.3 is 0 Å². The van der Waals surface area contributed by atoms with Crippen LogP contribution >= 0.6 is 22.9 Å². The number of hydrogen-bond donors (Lipinski definition) is 0. The molecule has 3 nitrogen and oxygen atoms in total. The van der Waals surface area contributed by atoms with Crippen molar-refractivity contribution >= 4 is 28.6 Å². The van der Waals surface area contributed by atoms with Crippen molar-refractivity contribution in [2.45, 2.75) is 20.3 Å². The van der Waals surface area contributed by atoms with E-state index >= 15 is 0 Å². The Morgan fingerprint density at radius 1 is 1.44 bits per heavy atom. The second-order valence-corrected chi connectivity index (χ2v) is 5.41. The Labute approximate surface area is 114 Å². The number of rotatable bonds is 2. The Hall–Kier alpha value is -1.39. The van der Waals surface area contributed by atoms with Crippen molar-refractivity contribution in [3.05, 3.63) is 40.0 Å². The Bertz CT molecular complexity index is 701. The highest BCUT2D eigenvalue weighted by Gasteiger charge is 2.13. The van der Waals surface area contributed by atoms with Crippen LogP contribution in [0.15, 0.2) is 23.6 Å². The van der Waals surface area contributed by atoms with Crippen molar-refractivity contribution in [2.75, 3.05) is 0 Å². The number of aryl methyl sites for hydroxylation is 1. The van der Waals surface area contributed by atoms with Gasteiger partial charge >= 0.3 is 0 Å². The zero-order valence-corrected chi connectivity index (χ0v) is 11.7. The molecule has 0 saturated carbocycles. The fourth-order valence-corrected chi connectivity index (χ4v) is 2.90. The molecule has 0 aliphatic rings. The van der Waals surface area contributed by atoms with Crippen molar-refractivity contribution in [3.8, 4) is 10.6 Å². The van der Waals surface area contributed by atoms with Gasteiger partial charge in [-0.15, -0.1) is 11.3 Å². The van der Waals surface area contributed by atoms with Crippen molar-refractivity contribution in [1.29, 1.82) is 0 Å². The van der Waals surface area contributed by atoms with Crippen molar-refractivity contribution < 1.29 is 0 Å². The number of aromatic nitrogens is 3. The first-order chi connectivity index (χ1) is 8.70. The van der Waals surface area contributed by atoms with Crippen LogP contribution in [0.2, 0.25) is 5.15 Å². The lowest BCUT2D eigenvalue weighted by atomic mass is 10.2. The highest BCUT2D eigenvalue weighted by atomic mass is 35.5. The molecular weight excluding hydrogens is 266 g/mol. The molecule has 5 heteroatoms. The zero-order chi connectivity index (χ0) is 12.7. The van der Waals surface area contributed by atoms with Crippen LogP contribution in [-0.2, 0) is 6.42 Å². The smallest absolute Gasteiger partial charge is 0.157 e. The summed E-state index contributed by atoms with van der Waals surface area (Å²) in [6, 6.07) is 6.05. The summed E-state index contributed by atoms with van der Waals surface area (Å²) in [5.74, 6) is 0. The van der Waals surface area contributed by atoms with E-state index < -0.39 is 0 Å². The average molecular weight is 278 g/mol. The third-order valence-corrected chi connectivity index (χ3v) is 4.31. The highest BCUT2D eigenvalue weighted by molar-refractivity contribution is 7.13. The van der Waals surface area contributed by atoms with Crippen LogP contribution in [-0.4, -0.2) is 14.6 Å². The predicted molar refractivity (Wildman–Crippen MR) is 75.4 cm³/mol. The molecule has 3 rings (SSSR count). The molecule has 3 heterocycles. The second-order valence-electron chi connectivity index (χ2n) is 4.10. The summed E-state index contributed by atoms with van der Waals surface area (Å²) >= 11 is 8.01. The van der Waals surface area contributed by atoms with Gasteiger partial charge in [-0.3, -0.25) is 0 Å². The topological polar surface area (TPSA) is 30.2 Å². The van der Waals surface area contributed by atoms with Gasteiger partial charge in [0.2, 0.25) is 0 Å². The Balaban J connectivity index is 2.27. The lowest BCUT2D eigenvalue weighted by Crippen LogP contribution is -2.00. The van der Waals surface area contributed by atoms with E-state index in [0.29, 0.717) is 5.15 Å². The van der Waals surface area contributed by atoms with E-state index in [4.69, 9.17) is 11.6 Å². The first-order valence-electron chi connectivity index (χ1n) is 5.79. The molecule has 0 saturated heterocycles. The fraction of sp³-hybridized carbons (Fsp3) is 0.231. The maximum atomic E-state index is 6.35. The van der Waals surface area contributed by atoms with Crippen LogP contribution in [0.1, 0.15) is 18.2 Å². The van der Waals surface area contributed by atoms with Crippen LogP contribution in [0, 0.1) is 6.92 Å². The van der Waals surface area contributed by atoms with E-state index in [1.165, 1.54) is 0 Å². The summed E-state index contributed by atoms with van der Waals surface area (Å²) in [5.41, 5.74) is 3.77. The first-order valence-corrected chi connectivity index (χ1v) is 7.05. The Morgan fingerprint density at radius 2 is 2.28 bits per heavy atom. The van der Waals surface area contributed by atoms with Gasteiger partial charge in [-0.05, 0) is 24.8 Å². The summed E-state index contributed by atoms with van der Waals surface area (Å²) < 4.78 is 1.71. The van der Waals surface area contributed by atoms with Crippen LogP contribution in [0.3, 0.4) is 0 Å². The summed E-state index contributed by atoms with van der Waals surface area (Å²) in [7, 11) is 0. The van der Waals surface area contributed by atoms with Crippen molar-refractivity contribution in [1.82, 2.24) is 14.6 Å². The Kier molecular flexibility index (Phi) is 2.84. The minimum atomic E-state index is 0.652. The van der Waals surface area contributed by atoms with Gasteiger partial charge in [0, 0.05) is 17.3 Å². The molecule has 3 aromatic rings. The standard InChI is InChI=1S/C13H12ClN3S/c1-3-9-8(2)13(14)17-12(15-9)7-10(16-17)11-5-4-6-18-11/h4-7H,3H2,1-2H3. The number of thiophene rings is 1. The quantitative estimate of drug-likeness (QED) is 0.663. The molecule has 0 aliphatic carbocycles. The maximum absolute atomic E-state index is 6.35. The van der Waals surface area contributed by atoms with E-state index in [1.807, 2.05) is 30.5 Å². The monoisotopic (exact) mass is 277 g/mol. The molecule has 0 atom stereocenters. The van der Waals surface area contributed by atoms with Crippen LogP contribution in [0.5, 0.6) is 0 Å². The largest absolute Gasteiger partial charge is 0.233 e. The molecule has 0 aromatic carbocycles. The van der Waals surface area contributed by atoms with Gasteiger partial charge in [0.25, 0.3) is 0 Å². The molecule has 0 bridgehead atoms. The second kappa shape index (κ2) is 4.37. The van der Waals surface area contributed by atoms with E-state index in [-0.39, 0.29) is 0 Å². The molecule has 0 unspecified atom stereocenters. The normalized spacial score (nSPS) is 11.3. The molecule has 0 spiro atoms. The van der Waals surface area contributed by atoms with Crippen LogP contribution < -0.4 is 0 Å². The molecule has 0 aliphatic heterocycles. The van der Waals surface area contributed by atoms with Gasteiger partial charge in [0.05, 0.1) is 4.88 Å². The third-order valence-electron chi connectivity index (χ3n) is 2.98. The van der Waals surface area contributed by atoms with Gasteiger partial charge in [0.1, 0.15) is 10.8 Å². The molecule has 0 fully saturated rings. The van der Waals surface area contributed by atoms with Gasteiger partial charge in [-0.1, -0.05) is 24.6 Å². The van der Waals surface area contributed by atoms with Crippen molar-refractivity contribution in [2.24, 2.45) is 0 Å². The van der Waals surface area contributed by atoms with E-state index in [0.717, 1.165) is 33.9 Å². The lowest BCUT2D eigenvalue weighted by molar-refractivity contribution is 0.898. The molecule has 18 heavy (non-hydrogen) atoms. The molecule has 0 amide bonds. The maximum Gasteiger partial charge on any atom is 0.157 e. The van der Waals surface area contributed by atoms with Gasteiger partial charge in [-0.2, -0.15) is 5.10 Å². The van der Waals surface area contributed by atoms with Crippen LogP contribution in [0.25, 0.3) is 16.2 Å². The lowest BCUT2D eigenvalue weighted by Gasteiger charge is -2.05. The van der Waals surface area contributed by atoms with Crippen molar-refractivity contribution in [3.63, 3.8) is 0 Å². The van der Waals surface area contributed by atoms with Gasteiger partial charge in [-0.25, -0.2) is 9.50 Å². The summed E-state index contributed by atoms with van der Waals surface area (Å²) in [6.07, 6.45) is 0.877. The molecule has 3 aromatic heterocycles. The van der Waals surface area contributed by atoms with E-state index in [9.17, 15) is 0 Å². The number of hydrogen-bond acceptors (Lipinski definition) is 3. The summed E-state index contributed by atoms with van der Waals surface area (Å²) in [5, 5.41) is 7.21. The first kappa shape index (κ1) is 11.7. The fourth-order valence-electron chi connectivity index (χ4n) is 1.98. The minimum absolute atomic E-state index is 0.652. The molecule has 0 N–H and O–H groups in total. The van der Waals surface area contributed by atoms with E-state index in [1.54, 1.807) is 15.9 Å². The van der Waals surface area contributed by atoms with Gasteiger partial charge in [0.15, 0.2) is 5.65 Å². The summed E-state index contributed by atoms with van der Waals surface area (Å²) in [6.45, 7) is 4.07. The number of nitrogens with zero attached hydrogens (tertiary/aromatic N) is 3. The molecule has 0 radical (unpaired) electrons. The average Bonchev–Trinajstić information content (AvgIpc) is 3.01. The number of halogens is 1. The Morgan fingerprint density at radius 3 is 2.94 bits per heavy atom. The molecule has 92 valence electrons. The zero-order valence-electron chi connectivity index (χ0n) is 10.1. The summed E-state index contributed by atoms with van der Waals surface area (Å²) in [4.78, 5) is 5.74.